The van der Waals surface area contributed by atoms with Crippen molar-refractivity contribution in [2.24, 2.45) is 16.7 Å². The quantitative estimate of drug-likeness (QED) is 0.485. The summed E-state index contributed by atoms with van der Waals surface area (Å²) in [5.41, 5.74) is -1.65. The van der Waals surface area contributed by atoms with Gasteiger partial charge in [0.2, 0.25) is 0 Å². The Morgan fingerprint density at radius 3 is 2.38 bits per heavy atom. The average Bonchev–Trinajstić information content (AvgIpc) is 2.55. The van der Waals surface area contributed by atoms with Gasteiger partial charge in [-0.1, -0.05) is 38.2 Å². The van der Waals surface area contributed by atoms with Gasteiger partial charge < -0.3 is 4.74 Å². The van der Waals surface area contributed by atoms with Crippen molar-refractivity contribution in [1.29, 1.82) is 0 Å². The van der Waals surface area contributed by atoms with Crippen LogP contribution >= 0.6 is 0 Å². The molecular formula is C22H28O4. The summed E-state index contributed by atoms with van der Waals surface area (Å²) in [6, 6.07) is 0. The number of fused-ring (bicyclic) bond motifs is 2. The van der Waals surface area contributed by atoms with E-state index in [0.717, 1.165) is 5.57 Å². The maximum atomic E-state index is 13.7. The molecule has 1 fully saturated rings. The van der Waals surface area contributed by atoms with Crippen LogP contribution in [0.15, 0.2) is 48.8 Å². The van der Waals surface area contributed by atoms with Crippen molar-refractivity contribution in [1.82, 2.24) is 0 Å². The van der Waals surface area contributed by atoms with Gasteiger partial charge in [-0.05, 0) is 31.6 Å². The van der Waals surface area contributed by atoms with Gasteiger partial charge in [-0.3, -0.25) is 14.4 Å². The van der Waals surface area contributed by atoms with Gasteiger partial charge in [0.1, 0.15) is 5.76 Å². The van der Waals surface area contributed by atoms with Gasteiger partial charge in [0.25, 0.3) is 0 Å². The van der Waals surface area contributed by atoms with Crippen molar-refractivity contribution in [3.8, 4) is 0 Å². The summed E-state index contributed by atoms with van der Waals surface area (Å²) in [7, 11) is 1.46. The Bertz CT molecular complexity index is 724. The molecule has 0 aromatic rings. The third kappa shape index (κ3) is 2.72. The first-order valence-corrected chi connectivity index (χ1v) is 9.00. The molecule has 0 aromatic carbocycles. The van der Waals surface area contributed by atoms with Gasteiger partial charge in [-0.25, -0.2) is 0 Å². The van der Waals surface area contributed by atoms with Gasteiger partial charge in [-0.15, -0.1) is 13.2 Å². The summed E-state index contributed by atoms with van der Waals surface area (Å²) in [6.07, 6.45) is 4.45. The van der Waals surface area contributed by atoms with Crippen molar-refractivity contribution in [2.45, 2.75) is 46.0 Å². The second-order valence-corrected chi connectivity index (χ2v) is 7.77. The summed E-state index contributed by atoms with van der Waals surface area (Å²) in [5, 5.41) is 0. The lowest BCUT2D eigenvalue weighted by Crippen LogP contribution is -2.61. The molecule has 0 spiro atoms. The summed E-state index contributed by atoms with van der Waals surface area (Å²) in [5.74, 6) is -0.699. The standard InChI is InChI=1S/C22H28O4/c1-7-9-16-18(24)22(17(23)11-14(3)4)13-15(5)12-21(10-8-2,20(22)25)19(16)26-6/h7-8,14H,1-2,5,9-13H2,3-4,6H3/t21-,22-/m0/s1. The first kappa shape index (κ1) is 20.1. The van der Waals surface area contributed by atoms with Gasteiger partial charge in [-0.2, -0.15) is 0 Å². The average molecular weight is 356 g/mol. The maximum absolute atomic E-state index is 13.7. The minimum Gasteiger partial charge on any atom is -0.500 e. The molecule has 0 aliphatic heterocycles. The zero-order valence-electron chi connectivity index (χ0n) is 16.0. The van der Waals surface area contributed by atoms with E-state index in [-0.39, 0.29) is 36.7 Å². The molecule has 0 saturated heterocycles. The molecule has 4 heteroatoms. The van der Waals surface area contributed by atoms with E-state index in [9.17, 15) is 14.4 Å². The highest BCUT2D eigenvalue weighted by molar-refractivity contribution is 6.33. The molecule has 0 heterocycles. The molecule has 2 atom stereocenters. The molecular weight excluding hydrogens is 328 g/mol. The molecule has 2 aliphatic carbocycles. The molecule has 140 valence electrons. The zero-order chi connectivity index (χ0) is 19.7. The predicted octanol–water partition coefficient (Wildman–Crippen LogP) is 4.13. The highest BCUT2D eigenvalue weighted by Crippen LogP contribution is 2.58. The number of hydrogen-bond donors (Lipinski definition) is 0. The lowest BCUT2D eigenvalue weighted by molar-refractivity contribution is -0.157. The number of carbonyl (C=O) groups is 3. The Morgan fingerprint density at radius 2 is 1.88 bits per heavy atom. The second-order valence-electron chi connectivity index (χ2n) is 7.77. The lowest BCUT2D eigenvalue weighted by atomic mass is 9.49. The molecule has 1 saturated carbocycles. The monoisotopic (exact) mass is 356 g/mol. The first-order valence-electron chi connectivity index (χ1n) is 9.00. The minimum atomic E-state index is -1.68. The van der Waals surface area contributed by atoms with Gasteiger partial charge in [0.05, 0.1) is 12.5 Å². The van der Waals surface area contributed by atoms with E-state index in [1.54, 1.807) is 12.2 Å². The van der Waals surface area contributed by atoms with Crippen molar-refractivity contribution in [3.63, 3.8) is 0 Å². The zero-order valence-corrected chi connectivity index (χ0v) is 16.0. The fourth-order valence-electron chi connectivity index (χ4n) is 4.50. The number of hydrogen-bond acceptors (Lipinski definition) is 4. The molecule has 4 nitrogen and oxygen atoms in total. The number of carbonyl (C=O) groups excluding carboxylic acids is 3. The number of methoxy groups -OCH3 is 1. The number of ether oxygens (including phenoxy) is 1. The van der Waals surface area contributed by atoms with Crippen LogP contribution in [-0.4, -0.2) is 24.5 Å². The number of allylic oxidation sites excluding steroid dienone is 5. The molecule has 0 aromatic heterocycles. The van der Waals surface area contributed by atoms with E-state index in [1.165, 1.54) is 7.11 Å². The van der Waals surface area contributed by atoms with E-state index >= 15 is 0 Å². The molecule has 2 rings (SSSR count). The molecule has 2 bridgehead atoms. The highest BCUT2D eigenvalue weighted by atomic mass is 16.5. The Hall–Kier alpha value is -2.23. The number of ketones is 3. The third-order valence-corrected chi connectivity index (χ3v) is 5.37. The Balaban J connectivity index is 2.83. The van der Waals surface area contributed by atoms with Crippen LogP contribution in [0.5, 0.6) is 0 Å². The lowest BCUT2D eigenvalue weighted by Gasteiger charge is -2.50. The Morgan fingerprint density at radius 1 is 1.23 bits per heavy atom. The van der Waals surface area contributed by atoms with Crippen LogP contribution in [0.3, 0.4) is 0 Å². The van der Waals surface area contributed by atoms with Crippen molar-refractivity contribution in [2.75, 3.05) is 7.11 Å². The molecule has 2 aliphatic rings. The Labute approximate surface area is 155 Å². The SMILES string of the molecule is C=CCC1=C(OC)[C@]2(CC=C)CC(=C)C[C@](C(=O)CC(C)C)(C1=O)C2=O. The Kier molecular flexibility index (Phi) is 5.55. The molecule has 0 radical (unpaired) electrons. The molecule has 26 heavy (non-hydrogen) atoms. The maximum Gasteiger partial charge on any atom is 0.183 e. The topological polar surface area (TPSA) is 60.4 Å². The highest BCUT2D eigenvalue weighted by Gasteiger charge is 2.67. The van der Waals surface area contributed by atoms with Crippen LogP contribution in [0.25, 0.3) is 0 Å². The van der Waals surface area contributed by atoms with Gasteiger partial charge >= 0.3 is 0 Å². The summed E-state index contributed by atoms with van der Waals surface area (Å²) in [6.45, 7) is 15.4. The predicted molar refractivity (Wildman–Crippen MR) is 101 cm³/mol. The van der Waals surface area contributed by atoms with Crippen molar-refractivity contribution >= 4 is 17.3 Å². The number of rotatable bonds is 8. The van der Waals surface area contributed by atoms with Crippen LogP contribution in [0.2, 0.25) is 0 Å². The fraction of sp³-hybridized carbons (Fsp3) is 0.500. The van der Waals surface area contributed by atoms with Crippen LogP contribution in [-0.2, 0) is 19.1 Å². The molecule has 0 amide bonds. The normalized spacial score (nSPS) is 28.4. The number of Topliss-reactive ketones (excluding diaryl/α,β-unsaturated/α-hetero) is 3. The van der Waals surface area contributed by atoms with Crippen molar-refractivity contribution < 1.29 is 19.1 Å². The van der Waals surface area contributed by atoms with Crippen molar-refractivity contribution in [3.05, 3.63) is 48.8 Å². The van der Waals surface area contributed by atoms with Crippen LogP contribution in [0, 0.1) is 16.7 Å². The van der Waals surface area contributed by atoms with E-state index in [1.807, 2.05) is 13.8 Å². The summed E-state index contributed by atoms with van der Waals surface area (Å²) in [4.78, 5) is 40.3. The van der Waals surface area contributed by atoms with E-state index in [0.29, 0.717) is 24.2 Å². The smallest absolute Gasteiger partial charge is 0.183 e. The summed E-state index contributed by atoms with van der Waals surface area (Å²) < 4.78 is 5.58. The van der Waals surface area contributed by atoms with Crippen LogP contribution < -0.4 is 0 Å². The van der Waals surface area contributed by atoms with E-state index in [4.69, 9.17) is 4.74 Å². The van der Waals surface area contributed by atoms with Gasteiger partial charge in [0, 0.05) is 12.0 Å². The third-order valence-electron chi connectivity index (χ3n) is 5.37. The second kappa shape index (κ2) is 7.18. The molecule has 0 N–H and O–H groups in total. The van der Waals surface area contributed by atoms with E-state index < -0.39 is 16.6 Å². The minimum absolute atomic E-state index is 0.0529. The van der Waals surface area contributed by atoms with E-state index in [2.05, 4.69) is 19.7 Å². The first-order chi connectivity index (χ1) is 12.2. The van der Waals surface area contributed by atoms with Crippen LogP contribution in [0.1, 0.15) is 46.0 Å². The molecule has 0 unspecified atom stereocenters. The largest absolute Gasteiger partial charge is 0.500 e. The van der Waals surface area contributed by atoms with Crippen LogP contribution in [0.4, 0.5) is 0 Å². The van der Waals surface area contributed by atoms with Gasteiger partial charge in [0.15, 0.2) is 22.8 Å². The summed E-state index contributed by atoms with van der Waals surface area (Å²) >= 11 is 0. The fourth-order valence-corrected chi connectivity index (χ4v) is 4.50.